The molecule has 4 heteroatoms. The third-order valence-electron chi connectivity index (χ3n) is 1.90. The van der Waals surface area contributed by atoms with Crippen LogP contribution in [-0.2, 0) is 11.2 Å². The highest BCUT2D eigenvalue weighted by Gasteiger charge is 2.00. The summed E-state index contributed by atoms with van der Waals surface area (Å²) in [5.74, 6) is -0.0572. The van der Waals surface area contributed by atoms with Gasteiger partial charge in [-0.15, -0.1) is 0 Å². The molecule has 1 rings (SSSR count). The second-order valence-corrected chi connectivity index (χ2v) is 3.17. The number of carboxylic acid groups (broad SMARTS) is 1. The van der Waals surface area contributed by atoms with Crippen LogP contribution in [0.3, 0.4) is 0 Å². The molecule has 0 aliphatic carbocycles. The van der Waals surface area contributed by atoms with Crippen LogP contribution in [0.4, 0.5) is 0 Å². The van der Waals surface area contributed by atoms with E-state index >= 15 is 0 Å². The zero-order valence-electron chi connectivity index (χ0n) is 8.69. The fourth-order valence-electron chi connectivity index (χ4n) is 1.15. The van der Waals surface area contributed by atoms with Crippen LogP contribution in [-0.4, -0.2) is 31.3 Å². The lowest BCUT2D eigenvalue weighted by molar-refractivity contribution is -0.136. The molecule has 0 aliphatic rings. The van der Waals surface area contributed by atoms with E-state index in [1.54, 1.807) is 24.3 Å². The summed E-state index contributed by atoms with van der Waals surface area (Å²) < 4.78 is 5.40. The van der Waals surface area contributed by atoms with Crippen LogP contribution >= 0.6 is 0 Å². The minimum absolute atomic E-state index is 0.0524. The van der Waals surface area contributed by atoms with Crippen LogP contribution in [0.25, 0.3) is 0 Å². The van der Waals surface area contributed by atoms with E-state index in [9.17, 15) is 4.79 Å². The van der Waals surface area contributed by atoms with Gasteiger partial charge in [0, 0.05) is 6.54 Å². The molecule has 0 spiro atoms. The molecule has 82 valence electrons. The van der Waals surface area contributed by atoms with E-state index in [0.717, 1.165) is 17.9 Å². The first-order valence-electron chi connectivity index (χ1n) is 4.80. The van der Waals surface area contributed by atoms with Crippen LogP contribution < -0.4 is 10.1 Å². The minimum atomic E-state index is -0.821. The maximum absolute atomic E-state index is 10.4. The van der Waals surface area contributed by atoms with Crippen molar-refractivity contribution in [1.82, 2.24) is 5.32 Å². The number of likely N-dealkylation sites (N-methyl/N-ethyl adjacent to an activating group) is 1. The van der Waals surface area contributed by atoms with Gasteiger partial charge in [-0.1, -0.05) is 12.1 Å². The minimum Gasteiger partial charge on any atom is -0.492 e. The molecule has 15 heavy (non-hydrogen) atoms. The van der Waals surface area contributed by atoms with Gasteiger partial charge in [0.1, 0.15) is 12.4 Å². The number of benzene rings is 1. The highest BCUT2D eigenvalue weighted by molar-refractivity contribution is 5.70. The lowest BCUT2D eigenvalue weighted by atomic mass is 10.1. The van der Waals surface area contributed by atoms with Gasteiger partial charge in [-0.2, -0.15) is 0 Å². The van der Waals surface area contributed by atoms with Crippen LogP contribution in [0, 0.1) is 0 Å². The van der Waals surface area contributed by atoms with Gasteiger partial charge >= 0.3 is 5.97 Å². The monoisotopic (exact) mass is 209 g/mol. The maximum atomic E-state index is 10.4. The number of rotatable bonds is 6. The Kier molecular flexibility index (Phi) is 4.63. The Labute approximate surface area is 88.9 Å². The highest BCUT2D eigenvalue weighted by atomic mass is 16.5. The molecule has 2 N–H and O–H groups in total. The zero-order valence-corrected chi connectivity index (χ0v) is 8.69. The van der Waals surface area contributed by atoms with Gasteiger partial charge in [0.25, 0.3) is 0 Å². The highest BCUT2D eigenvalue weighted by Crippen LogP contribution is 2.12. The fraction of sp³-hybridized carbons (Fsp3) is 0.364. The van der Waals surface area contributed by atoms with Crippen molar-refractivity contribution in [3.05, 3.63) is 29.8 Å². The molecule has 0 bridgehead atoms. The largest absolute Gasteiger partial charge is 0.492 e. The van der Waals surface area contributed by atoms with Crippen LogP contribution in [0.15, 0.2) is 24.3 Å². The van der Waals surface area contributed by atoms with E-state index in [4.69, 9.17) is 9.84 Å². The summed E-state index contributed by atoms with van der Waals surface area (Å²) in [6, 6.07) is 7.10. The molecule has 0 saturated heterocycles. The van der Waals surface area contributed by atoms with Gasteiger partial charge in [0.2, 0.25) is 0 Å². The van der Waals surface area contributed by atoms with Crippen molar-refractivity contribution < 1.29 is 14.6 Å². The predicted molar refractivity (Wildman–Crippen MR) is 57.2 cm³/mol. The Morgan fingerprint density at radius 3 is 2.60 bits per heavy atom. The Morgan fingerprint density at radius 2 is 2.07 bits per heavy atom. The van der Waals surface area contributed by atoms with Crippen molar-refractivity contribution in [2.75, 3.05) is 20.2 Å². The number of carboxylic acids is 1. The maximum Gasteiger partial charge on any atom is 0.307 e. The van der Waals surface area contributed by atoms with E-state index in [-0.39, 0.29) is 6.42 Å². The predicted octanol–water partition coefficient (Wildman–Crippen LogP) is 0.912. The van der Waals surface area contributed by atoms with Crippen molar-refractivity contribution in [2.24, 2.45) is 0 Å². The molecule has 0 aromatic heterocycles. The van der Waals surface area contributed by atoms with Crippen molar-refractivity contribution >= 4 is 5.97 Å². The topological polar surface area (TPSA) is 58.6 Å². The average Bonchev–Trinajstić information content (AvgIpc) is 2.20. The van der Waals surface area contributed by atoms with E-state index in [0.29, 0.717) is 6.61 Å². The SMILES string of the molecule is CNCCOc1ccc(CC(=O)O)cc1. The first-order chi connectivity index (χ1) is 7.22. The Morgan fingerprint density at radius 1 is 1.40 bits per heavy atom. The summed E-state index contributed by atoms with van der Waals surface area (Å²) in [6.45, 7) is 1.39. The average molecular weight is 209 g/mol. The van der Waals surface area contributed by atoms with Crippen LogP contribution in [0.1, 0.15) is 5.56 Å². The van der Waals surface area contributed by atoms with E-state index in [1.165, 1.54) is 0 Å². The lowest BCUT2D eigenvalue weighted by Crippen LogP contribution is -2.15. The molecular weight excluding hydrogens is 194 g/mol. The fourth-order valence-corrected chi connectivity index (χ4v) is 1.15. The molecule has 1 aromatic rings. The van der Waals surface area contributed by atoms with Gasteiger partial charge in [-0.05, 0) is 24.7 Å². The van der Waals surface area contributed by atoms with E-state index in [2.05, 4.69) is 5.32 Å². The van der Waals surface area contributed by atoms with Crippen LogP contribution in [0.2, 0.25) is 0 Å². The molecule has 0 radical (unpaired) electrons. The Hall–Kier alpha value is -1.55. The Balaban J connectivity index is 2.45. The second kappa shape index (κ2) is 6.03. The third-order valence-corrected chi connectivity index (χ3v) is 1.90. The molecule has 0 heterocycles. The van der Waals surface area contributed by atoms with Gasteiger partial charge < -0.3 is 15.2 Å². The van der Waals surface area contributed by atoms with Crippen LogP contribution in [0.5, 0.6) is 5.75 Å². The molecular formula is C11H15NO3. The molecule has 4 nitrogen and oxygen atoms in total. The number of ether oxygens (including phenoxy) is 1. The standard InChI is InChI=1S/C11H15NO3/c1-12-6-7-15-10-4-2-9(3-5-10)8-11(13)14/h2-5,12H,6-8H2,1H3,(H,13,14). The van der Waals surface area contributed by atoms with E-state index < -0.39 is 5.97 Å². The van der Waals surface area contributed by atoms with Crippen molar-refractivity contribution in [2.45, 2.75) is 6.42 Å². The summed E-state index contributed by atoms with van der Waals surface area (Å²) in [5.41, 5.74) is 0.781. The normalized spacial score (nSPS) is 9.93. The first-order valence-corrected chi connectivity index (χ1v) is 4.80. The number of aliphatic carboxylic acids is 1. The zero-order chi connectivity index (χ0) is 11.1. The summed E-state index contributed by atoms with van der Waals surface area (Å²) in [7, 11) is 1.86. The molecule has 0 aliphatic heterocycles. The van der Waals surface area contributed by atoms with E-state index in [1.807, 2.05) is 7.05 Å². The van der Waals surface area contributed by atoms with Gasteiger partial charge in [-0.3, -0.25) is 4.79 Å². The lowest BCUT2D eigenvalue weighted by Gasteiger charge is -2.05. The third kappa shape index (κ3) is 4.46. The number of carbonyl (C=O) groups is 1. The number of nitrogens with one attached hydrogen (secondary N) is 1. The number of hydrogen-bond acceptors (Lipinski definition) is 3. The smallest absolute Gasteiger partial charge is 0.307 e. The first kappa shape index (κ1) is 11.5. The quantitative estimate of drug-likeness (QED) is 0.684. The molecule has 0 saturated carbocycles. The molecule has 0 amide bonds. The summed E-state index contributed by atoms with van der Waals surface area (Å²) >= 11 is 0. The number of hydrogen-bond donors (Lipinski definition) is 2. The van der Waals surface area contributed by atoms with Crippen molar-refractivity contribution in [1.29, 1.82) is 0 Å². The summed E-state index contributed by atoms with van der Waals surface area (Å²) in [4.78, 5) is 10.4. The Bertz CT molecular complexity index is 308. The summed E-state index contributed by atoms with van der Waals surface area (Å²) in [6.07, 6.45) is 0.0524. The molecule has 0 atom stereocenters. The summed E-state index contributed by atoms with van der Waals surface area (Å²) in [5, 5.41) is 11.5. The molecule has 1 aromatic carbocycles. The van der Waals surface area contributed by atoms with Crippen molar-refractivity contribution in [3.8, 4) is 5.75 Å². The second-order valence-electron chi connectivity index (χ2n) is 3.17. The molecule has 0 fully saturated rings. The van der Waals surface area contributed by atoms with Gasteiger partial charge in [0.15, 0.2) is 0 Å². The van der Waals surface area contributed by atoms with Crippen molar-refractivity contribution in [3.63, 3.8) is 0 Å². The van der Waals surface area contributed by atoms with Gasteiger partial charge in [0.05, 0.1) is 6.42 Å². The van der Waals surface area contributed by atoms with Gasteiger partial charge in [-0.25, -0.2) is 0 Å². The molecule has 0 unspecified atom stereocenters.